The Morgan fingerprint density at radius 2 is 1.10 bits per heavy atom. The second kappa shape index (κ2) is 11.3. The first-order valence-corrected chi connectivity index (χ1v) is 17.7. The average molecular weight is 654 g/mol. The summed E-state index contributed by atoms with van der Waals surface area (Å²) < 4.78 is 6.42. The van der Waals surface area contributed by atoms with Gasteiger partial charge in [0.05, 0.1) is 5.69 Å². The van der Waals surface area contributed by atoms with Crippen LogP contribution in [0.25, 0.3) is 66.1 Å². The number of benzene rings is 8. The van der Waals surface area contributed by atoms with Crippen molar-refractivity contribution < 1.29 is 4.42 Å². The van der Waals surface area contributed by atoms with Gasteiger partial charge >= 0.3 is 0 Å². The van der Waals surface area contributed by atoms with Crippen molar-refractivity contribution in [3.05, 3.63) is 187 Å². The van der Waals surface area contributed by atoms with Crippen LogP contribution in [0.3, 0.4) is 0 Å². The summed E-state index contributed by atoms with van der Waals surface area (Å²) in [5.41, 5.74) is 15.3. The van der Waals surface area contributed by atoms with E-state index in [2.05, 4.69) is 195 Å². The fraction of sp³-hybridized carbons (Fsp3) is 0.0612. The number of nitrogens with zero attached hydrogens (tertiary/aromatic N) is 1. The van der Waals surface area contributed by atoms with Gasteiger partial charge in [-0.05, 0) is 104 Å². The molecule has 1 aliphatic rings. The molecular weight excluding hydrogens is 619 g/mol. The molecule has 0 saturated carbocycles. The van der Waals surface area contributed by atoms with Gasteiger partial charge < -0.3 is 9.32 Å². The zero-order valence-corrected chi connectivity index (χ0v) is 28.6. The molecule has 1 aromatic heterocycles. The Morgan fingerprint density at radius 1 is 0.431 bits per heavy atom. The maximum atomic E-state index is 6.42. The van der Waals surface area contributed by atoms with E-state index >= 15 is 0 Å². The molecule has 0 spiro atoms. The van der Waals surface area contributed by atoms with E-state index in [1.807, 2.05) is 0 Å². The Labute approximate surface area is 297 Å². The largest absolute Gasteiger partial charge is 0.456 e. The van der Waals surface area contributed by atoms with E-state index in [1.165, 1.54) is 55.3 Å². The summed E-state index contributed by atoms with van der Waals surface area (Å²) in [5.74, 6) is 0. The summed E-state index contributed by atoms with van der Waals surface area (Å²) in [6.07, 6.45) is 0. The minimum absolute atomic E-state index is 0.0591. The van der Waals surface area contributed by atoms with Crippen molar-refractivity contribution in [3.8, 4) is 33.4 Å². The number of furan rings is 1. The molecule has 242 valence electrons. The summed E-state index contributed by atoms with van der Waals surface area (Å²) in [4.78, 5) is 2.39. The Morgan fingerprint density at radius 3 is 1.92 bits per heavy atom. The van der Waals surface area contributed by atoms with Gasteiger partial charge in [-0.15, -0.1) is 0 Å². The number of hydrogen-bond acceptors (Lipinski definition) is 2. The lowest BCUT2D eigenvalue weighted by Gasteiger charge is -2.28. The standard InChI is InChI=1S/C49H35NO/c1-49(2)43-22-12-11-20-39(43)48-38(21-13-23-44(48)49)35-24-26-45(40(29-35)32-14-5-3-6-15-32)50(36-18-7-4-8-19-36)37-25-27-46-42(31-37)41-28-33-16-9-10-17-34(33)30-47(41)51-46/h3-31H,1-2H3. The fourth-order valence-electron chi connectivity index (χ4n) is 8.34. The van der Waals surface area contributed by atoms with Gasteiger partial charge in [0.1, 0.15) is 11.2 Å². The topological polar surface area (TPSA) is 16.4 Å². The number of para-hydroxylation sites is 1. The van der Waals surface area contributed by atoms with E-state index in [4.69, 9.17) is 4.42 Å². The predicted molar refractivity (Wildman–Crippen MR) is 214 cm³/mol. The molecule has 0 bridgehead atoms. The van der Waals surface area contributed by atoms with Crippen molar-refractivity contribution in [3.63, 3.8) is 0 Å². The Balaban J connectivity index is 1.20. The highest BCUT2D eigenvalue weighted by Gasteiger charge is 2.36. The first-order valence-electron chi connectivity index (χ1n) is 17.7. The molecule has 8 aromatic carbocycles. The molecule has 2 nitrogen and oxygen atoms in total. The lowest BCUT2D eigenvalue weighted by atomic mass is 9.82. The Hall–Kier alpha value is -6.38. The van der Waals surface area contributed by atoms with E-state index in [1.54, 1.807) is 0 Å². The van der Waals surface area contributed by atoms with Crippen molar-refractivity contribution in [1.82, 2.24) is 0 Å². The van der Waals surface area contributed by atoms with E-state index in [0.29, 0.717) is 0 Å². The summed E-state index contributed by atoms with van der Waals surface area (Å²) in [6.45, 7) is 4.69. The SMILES string of the molecule is CC1(C)c2ccccc2-c2c(-c3ccc(N(c4ccccc4)c4ccc5oc6cc7ccccc7cc6c5c4)c(-c4ccccc4)c3)cccc21. The molecule has 1 aliphatic carbocycles. The van der Waals surface area contributed by atoms with Crippen LogP contribution in [0, 0.1) is 0 Å². The van der Waals surface area contributed by atoms with Crippen molar-refractivity contribution in [1.29, 1.82) is 0 Å². The van der Waals surface area contributed by atoms with E-state index in [9.17, 15) is 0 Å². The molecule has 0 fully saturated rings. The monoisotopic (exact) mass is 653 g/mol. The Bertz CT molecular complexity index is 2770. The quantitative estimate of drug-likeness (QED) is 0.184. The highest BCUT2D eigenvalue weighted by molar-refractivity contribution is 6.11. The van der Waals surface area contributed by atoms with Crippen molar-refractivity contribution in [2.45, 2.75) is 19.3 Å². The molecule has 9 aromatic rings. The summed E-state index contributed by atoms with van der Waals surface area (Å²) in [6, 6.07) is 63.7. The lowest BCUT2D eigenvalue weighted by molar-refractivity contribution is 0.660. The second-order valence-electron chi connectivity index (χ2n) is 14.1. The molecule has 0 atom stereocenters. The van der Waals surface area contributed by atoms with Gasteiger partial charge in [-0.3, -0.25) is 0 Å². The van der Waals surface area contributed by atoms with Crippen molar-refractivity contribution in [2.24, 2.45) is 0 Å². The normalized spacial score (nSPS) is 13.1. The summed E-state index contributed by atoms with van der Waals surface area (Å²) in [5, 5.41) is 4.61. The van der Waals surface area contributed by atoms with E-state index in [0.717, 1.165) is 39.0 Å². The molecule has 51 heavy (non-hydrogen) atoms. The maximum Gasteiger partial charge on any atom is 0.136 e. The third-order valence-electron chi connectivity index (χ3n) is 10.8. The maximum absolute atomic E-state index is 6.42. The molecule has 0 N–H and O–H groups in total. The number of rotatable bonds is 5. The molecule has 10 rings (SSSR count). The van der Waals surface area contributed by atoms with Gasteiger partial charge in [-0.25, -0.2) is 0 Å². The first kappa shape index (κ1) is 29.5. The molecule has 0 saturated heterocycles. The zero-order valence-electron chi connectivity index (χ0n) is 28.6. The van der Waals surface area contributed by atoms with Gasteiger partial charge in [0.2, 0.25) is 0 Å². The van der Waals surface area contributed by atoms with Gasteiger partial charge in [-0.2, -0.15) is 0 Å². The second-order valence-corrected chi connectivity index (χ2v) is 14.1. The van der Waals surface area contributed by atoms with Gasteiger partial charge in [-0.1, -0.05) is 135 Å². The molecule has 0 amide bonds. The van der Waals surface area contributed by atoms with Crippen LogP contribution >= 0.6 is 0 Å². The van der Waals surface area contributed by atoms with Crippen LogP contribution in [0.2, 0.25) is 0 Å². The van der Waals surface area contributed by atoms with Gasteiger partial charge in [0.25, 0.3) is 0 Å². The van der Waals surface area contributed by atoms with Crippen LogP contribution in [-0.4, -0.2) is 0 Å². The highest BCUT2D eigenvalue weighted by atomic mass is 16.3. The highest BCUT2D eigenvalue weighted by Crippen LogP contribution is 2.53. The third kappa shape index (κ3) is 4.64. The summed E-state index contributed by atoms with van der Waals surface area (Å²) >= 11 is 0. The molecule has 0 aliphatic heterocycles. The van der Waals surface area contributed by atoms with Crippen LogP contribution in [-0.2, 0) is 5.41 Å². The van der Waals surface area contributed by atoms with E-state index in [-0.39, 0.29) is 5.41 Å². The van der Waals surface area contributed by atoms with Crippen LogP contribution in [0.4, 0.5) is 17.1 Å². The average Bonchev–Trinajstić information content (AvgIpc) is 3.65. The predicted octanol–water partition coefficient (Wildman–Crippen LogP) is 13.8. The number of anilines is 3. The third-order valence-corrected chi connectivity index (χ3v) is 10.8. The number of hydrogen-bond donors (Lipinski definition) is 0. The minimum Gasteiger partial charge on any atom is -0.456 e. The summed E-state index contributed by atoms with van der Waals surface area (Å²) in [7, 11) is 0. The zero-order chi connectivity index (χ0) is 34.1. The molecule has 2 heteroatoms. The van der Waals surface area contributed by atoms with Crippen LogP contribution in [0.15, 0.2) is 180 Å². The lowest BCUT2D eigenvalue weighted by Crippen LogP contribution is -2.14. The van der Waals surface area contributed by atoms with Crippen LogP contribution in [0.5, 0.6) is 0 Å². The smallest absolute Gasteiger partial charge is 0.136 e. The Kier molecular flexibility index (Phi) is 6.56. The molecule has 0 unspecified atom stereocenters. The minimum atomic E-state index is -0.0591. The van der Waals surface area contributed by atoms with Crippen LogP contribution < -0.4 is 4.90 Å². The van der Waals surface area contributed by atoms with Crippen molar-refractivity contribution >= 4 is 49.8 Å². The molecule has 1 heterocycles. The van der Waals surface area contributed by atoms with Gasteiger partial charge in [0, 0.05) is 33.1 Å². The van der Waals surface area contributed by atoms with Crippen molar-refractivity contribution in [2.75, 3.05) is 4.90 Å². The molecular formula is C49H35NO. The first-order chi connectivity index (χ1) is 25.0. The van der Waals surface area contributed by atoms with Crippen LogP contribution in [0.1, 0.15) is 25.0 Å². The number of fused-ring (bicyclic) bond motifs is 7. The van der Waals surface area contributed by atoms with E-state index < -0.39 is 0 Å². The fourth-order valence-corrected chi connectivity index (χ4v) is 8.34. The van der Waals surface area contributed by atoms with Gasteiger partial charge in [0.15, 0.2) is 0 Å². The molecule has 0 radical (unpaired) electrons.